The van der Waals surface area contributed by atoms with Crippen molar-refractivity contribution >= 4 is 11.9 Å². The molecule has 1 amide bonds. The Hall–Kier alpha value is -2.70. The van der Waals surface area contributed by atoms with Crippen LogP contribution < -0.4 is 5.32 Å². The molecule has 7 heteroatoms. The molecule has 1 aromatic carbocycles. The molecule has 0 saturated heterocycles. The zero-order valence-corrected chi connectivity index (χ0v) is 12.5. The van der Waals surface area contributed by atoms with Crippen molar-refractivity contribution in [2.24, 2.45) is 0 Å². The molecule has 0 bridgehead atoms. The Morgan fingerprint density at radius 2 is 2.14 bits per heavy atom. The second kappa shape index (κ2) is 6.84. The summed E-state index contributed by atoms with van der Waals surface area (Å²) in [5, 5.41) is 19.5. The second-order valence-corrected chi connectivity index (χ2v) is 4.97. The van der Waals surface area contributed by atoms with E-state index in [1.807, 2.05) is 32.0 Å². The summed E-state index contributed by atoms with van der Waals surface area (Å²) >= 11 is 0. The molecule has 7 nitrogen and oxygen atoms in total. The number of nitrogens with zero attached hydrogens (tertiary/aromatic N) is 3. The van der Waals surface area contributed by atoms with Crippen molar-refractivity contribution < 1.29 is 14.7 Å². The van der Waals surface area contributed by atoms with Crippen molar-refractivity contribution in [1.29, 1.82) is 0 Å². The van der Waals surface area contributed by atoms with Crippen LogP contribution in [0.3, 0.4) is 0 Å². The highest BCUT2D eigenvalue weighted by Crippen LogP contribution is 2.23. The van der Waals surface area contributed by atoms with Crippen molar-refractivity contribution in [2.45, 2.75) is 26.8 Å². The molecule has 0 spiro atoms. The summed E-state index contributed by atoms with van der Waals surface area (Å²) in [6.07, 6.45) is 0.828. The summed E-state index contributed by atoms with van der Waals surface area (Å²) in [4.78, 5) is 23.2. The first-order valence-corrected chi connectivity index (χ1v) is 7.03. The number of amides is 1. The van der Waals surface area contributed by atoms with Crippen LogP contribution in [0.2, 0.25) is 0 Å². The monoisotopic (exact) mass is 302 g/mol. The zero-order valence-electron chi connectivity index (χ0n) is 12.5. The van der Waals surface area contributed by atoms with E-state index in [9.17, 15) is 14.7 Å². The van der Waals surface area contributed by atoms with Crippen LogP contribution in [0, 0.1) is 6.92 Å². The minimum absolute atomic E-state index is 0.0659. The molecule has 0 radical (unpaired) electrons. The number of nitrogens with one attached hydrogen (secondary N) is 1. The normalized spacial score (nSPS) is 10.5. The number of carboxylic acid groups (broad SMARTS) is 1. The number of aromatic carboxylic acids is 1. The maximum atomic E-state index is 11.9. The van der Waals surface area contributed by atoms with Gasteiger partial charge in [-0.25, -0.2) is 9.48 Å². The predicted molar refractivity (Wildman–Crippen MR) is 80.5 cm³/mol. The van der Waals surface area contributed by atoms with Crippen LogP contribution in [-0.4, -0.2) is 38.5 Å². The van der Waals surface area contributed by atoms with E-state index < -0.39 is 5.97 Å². The molecule has 0 atom stereocenters. The lowest BCUT2D eigenvalue weighted by atomic mass is 10.1. The van der Waals surface area contributed by atoms with Gasteiger partial charge >= 0.3 is 5.97 Å². The number of carboxylic acids is 1. The molecule has 0 aliphatic heterocycles. The Morgan fingerprint density at radius 3 is 2.77 bits per heavy atom. The fraction of sp³-hybridized carbons (Fsp3) is 0.333. The van der Waals surface area contributed by atoms with Crippen molar-refractivity contribution in [3.05, 3.63) is 35.5 Å². The van der Waals surface area contributed by atoms with Gasteiger partial charge in [0.15, 0.2) is 5.69 Å². The Labute approximate surface area is 128 Å². The number of rotatable bonds is 6. The molecule has 0 saturated carbocycles. The van der Waals surface area contributed by atoms with Crippen LogP contribution in [0.5, 0.6) is 0 Å². The van der Waals surface area contributed by atoms with Gasteiger partial charge < -0.3 is 10.4 Å². The Bertz CT molecular complexity index is 694. The van der Waals surface area contributed by atoms with Gasteiger partial charge in [0.1, 0.15) is 12.2 Å². The highest BCUT2D eigenvalue weighted by molar-refractivity contribution is 5.93. The van der Waals surface area contributed by atoms with Crippen LogP contribution in [-0.2, 0) is 11.3 Å². The molecule has 1 heterocycles. The van der Waals surface area contributed by atoms with E-state index in [1.165, 1.54) is 4.68 Å². The summed E-state index contributed by atoms with van der Waals surface area (Å²) in [5.74, 6) is -1.39. The van der Waals surface area contributed by atoms with Crippen molar-refractivity contribution in [3.63, 3.8) is 0 Å². The summed E-state index contributed by atoms with van der Waals surface area (Å²) in [6.45, 7) is 4.37. The summed E-state index contributed by atoms with van der Waals surface area (Å²) in [6, 6.07) is 7.35. The highest BCUT2D eigenvalue weighted by atomic mass is 16.4. The number of benzene rings is 1. The lowest BCUT2D eigenvalue weighted by Crippen LogP contribution is -2.28. The van der Waals surface area contributed by atoms with Gasteiger partial charge in [0.05, 0.1) is 0 Å². The van der Waals surface area contributed by atoms with E-state index in [-0.39, 0.29) is 18.1 Å². The number of carbonyl (C=O) groups is 2. The van der Waals surface area contributed by atoms with E-state index in [1.54, 1.807) is 6.07 Å². The third-order valence-electron chi connectivity index (χ3n) is 3.09. The van der Waals surface area contributed by atoms with Crippen LogP contribution >= 0.6 is 0 Å². The fourth-order valence-electron chi connectivity index (χ4n) is 2.10. The average molecular weight is 302 g/mol. The topological polar surface area (TPSA) is 97.1 Å². The smallest absolute Gasteiger partial charge is 0.358 e. The molecule has 116 valence electrons. The minimum atomic E-state index is -1.17. The van der Waals surface area contributed by atoms with Crippen LogP contribution in [0.25, 0.3) is 11.3 Å². The Balaban J connectivity index is 2.39. The van der Waals surface area contributed by atoms with E-state index in [0.29, 0.717) is 17.8 Å². The van der Waals surface area contributed by atoms with E-state index in [2.05, 4.69) is 15.6 Å². The fourth-order valence-corrected chi connectivity index (χ4v) is 2.10. The number of aromatic nitrogens is 3. The van der Waals surface area contributed by atoms with Gasteiger partial charge in [-0.2, -0.15) is 0 Å². The molecule has 0 aliphatic carbocycles. The van der Waals surface area contributed by atoms with Crippen molar-refractivity contribution in [2.75, 3.05) is 6.54 Å². The van der Waals surface area contributed by atoms with E-state index in [0.717, 1.165) is 12.0 Å². The standard InChI is InChI=1S/C15H18N4O3/c1-3-7-16-12(20)9-19-14(13(15(21)22)17-18-19)11-6-4-5-10(2)8-11/h4-6,8H,3,7,9H2,1-2H3,(H,16,20)(H,21,22). The lowest BCUT2D eigenvalue weighted by Gasteiger charge is -2.08. The molecular formula is C15H18N4O3. The minimum Gasteiger partial charge on any atom is -0.476 e. The number of hydrogen-bond donors (Lipinski definition) is 2. The van der Waals surface area contributed by atoms with Gasteiger partial charge in [-0.15, -0.1) is 5.10 Å². The molecule has 2 aromatic rings. The number of aryl methyl sites for hydroxylation is 1. The predicted octanol–water partition coefficient (Wildman–Crippen LogP) is 1.48. The molecule has 2 rings (SSSR count). The van der Waals surface area contributed by atoms with Gasteiger partial charge in [0.25, 0.3) is 0 Å². The van der Waals surface area contributed by atoms with Crippen LogP contribution in [0.1, 0.15) is 29.4 Å². The maximum Gasteiger partial charge on any atom is 0.358 e. The second-order valence-electron chi connectivity index (χ2n) is 4.97. The zero-order chi connectivity index (χ0) is 16.1. The van der Waals surface area contributed by atoms with Crippen LogP contribution in [0.4, 0.5) is 0 Å². The molecular weight excluding hydrogens is 284 g/mol. The van der Waals surface area contributed by atoms with E-state index in [4.69, 9.17) is 0 Å². The number of hydrogen-bond acceptors (Lipinski definition) is 4. The first kappa shape index (κ1) is 15.7. The molecule has 0 fully saturated rings. The first-order valence-electron chi connectivity index (χ1n) is 7.03. The third-order valence-corrected chi connectivity index (χ3v) is 3.09. The summed E-state index contributed by atoms with van der Waals surface area (Å²) < 4.78 is 1.32. The van der Waals surface area contributed by atoms with Crippen molar-refractivity contribution in [1.82, 2.24) is 20.3 Å². The molecule has 0 unspecified atom stereocenters. The largest absolute Gasteiger partial charge is 0.476 e. The van der Waals surface area contributed by atoms with Gasteiger partial charge in [-0.05, 0) is 19.4 Å². The number of carbonyl (C=O) groups excluding carboxylic acids is 1. The average Bonchev–Trinajstić information content (AvgIpc) is 2.89. The lowest BCUT2D eigenvalue weighted by molar-refractivity contribution is -0.121. The quantitative estimate of drug-likeness (QED) is 0.842. The first-order chi connectivity index (χ1) is 10.5. The summed E-state index contributed by atoms with van der Waals surface area (Å²) in [5.41, 5.74) is 1.83. The molecule has 22 heavy (non-hydrogen) atoms. The maximum absolute atomic E-state index is 11.9. The van der Waals surface area contributed by atoms with Gasteiger partial charge in [0, 0.05) is 12.1 Å². The highest BCUT2D eigenvalue weighted by Gasteiger charge is 2.21. The Morgan fingerprint density at radius 1 is 1.36 bits per heavy atom. The van der Waals surface area contributed by atoms with Crippen molar-refractivity contribution in [3.8, 4) is 11.3 Å². The van der Waals surface area contributed by atoms with E-state index >= 15 is 0 Å². The third kappa shape index (κ3) is 3.49. The summed E-state index contributed by atoms with van der Waals surface area (Å²) in [7, 11) is 0. The van der Waals surface area contributed by atoms with Gasteiger partial charge in [-0.3, -0.25) is 4.79 Å². The SMILES string of the molecule is CCCNC(=O)Cn1nnc(C(=O)O)c1-c1cccc(C)c1. The molecule has 1 aromatic heterocycles. The molecule has 2 N–H and O–H groups in total. The Kier molecular flexibility index (Phi) is 4.88. The van der Waals surface area contributed by atoms with Gasteiger partial charge in [-0.1, -0.05) is 35.9 Å². The molecule has 0 aliphatic rings. The van der Waals surface area contributed by atoms with Crippen LogP contribution in [0.15, 0.2) is 24.3 Å². The van der Waals surface area contributed by atoms with Gasteiger partial charge in [0.2, 0.25) is 5.91 Å².